The van der Waals surface area contributed by atoms with E-state index < -0.39 is 0 Å². The van der Waals surface area contributed by atoms with E-state index in [0.29, 0.717) is 0 Å². The first-order valence-electron chi connectivity index (χ1n) is 7.22. The van der Waals surface area contributed by atoms with Crippen LogP contribution in [0.5, 0.6) is 0 Å². The van der Waals surface area contributed by atoms with Crippen LogP contribution >= 0.6 is 15.9 Å². The van der Waals surface area contributed by atoms with Gasteiger partial charge >= 0.3 is 0 Å². The van der Waals surface area contributed by atoms with Gasteiger partial charge in [-0.25, -0.2) is 0 Å². The number of halogens is 1. The molecular formula is C18H22BrN. The molecular weight excluding hydrogens is 310 g/mol. The molecule has 1 nitrogen and oxygen atoms in total. The van der Waals surface area contributed by atoms with Crippen LogP contribution in [0.25, 0.3) is 0 Å². The van der Waals surface area contributed by atoms with Crippen LogP contribution in [0.4, 0.5) is 0 Å². The van der Waals surface area contributed by atoms with Gasteiger partial charge in [0.1, 0.15) is 0 Å². The van der Waals surface area contributed by atoms with Gasteiger partial charge in [-0.15, -0.1) is 0 Å². The summed E-state index contributed by atoms with van der Waals surface area (Å²) < 4.78 is 1.08. The van der Waals surface area contributed by atoms with Crippen molar-refractivity contribution in [1.29, 1.82) is 0 Å². The summed E-state index contributed by atoms with van der Waals surface area (Å²) in [4.78, 5) is 0. The molecule has 0 saturated heterocycles. The minimum absolute atomic E-state index is 0.0785. The van der Waals surface area contributed by atoms with Crippen molar-refractivity contribution >= 4 is 15.9 Å². The standard InChI is InChI=1S/C18H22BrN/c1-3-4-5-14-7-9-15(10-8-14)18(20)16-11-6-13(2)12-17(16)19/h6-12,18H,3-5,20H2,1-2H3. The fourth-order valence-corrected chi connectivity index (χ4v) is 3.08. The van der Waals surface area contributed by atoms with E-state index in [0.717, 1.165) is 22.0 Å². The zero-order chi connectivity index (χ0) is 14.5. The van der Waals surface area contributed by atoms with E-state index in [1.54, 1.807) is 0 Å². The normalized spacial score (nSPS) is 12.4. The average molecular weight is 332 g/mol. The molecule has 2 N–H and O–H groups in total. The van der Waals surface area contributed by atoms with Crippen molar-refractivity contribution in [2.75, 3.05) is 0 Å². The van der Waals surface area contributed by atoms with E-state index in [4.69, 9.17) is 5.73 Å². The zero-order valence-corrected chi connectivity index (χ0v) is 13.8. The van der Waals surface area contributed by atoms with Crippen LogP contribution in [0.1, 0.15) is 48.1 Å². The van der Waals surface area contributed by atoms with Gasteiger partial charge in [0.15, 0.2) is 0 Å². The maximum absolute atomic E-state index is 6.39. The van der Waals surface area contributed by atoms with Crippen molar-refractivity contribution < 1.29 is 0 Å². The Hall–Kier alpha value is -1.12. The third kappa shape index (κ3) is 3.71. The summed E-state index contributed by atoms with van der Waals surface area (Å²) in [5, 5.41) is 0. The third-order valence-electron chi connectivity index (χ3n) is 3.65. The summed E-state index contributed by atoms with van der Waals surface area (Å²) in [5.74, 6) is 0. The smallest absolute Gasteiger partial charge is 0.0562 e. The predicted molar refractivity (Wildman–Crippen MR) is 90.0 cm³/mol. The molecule has 0 aliphatic heterocycles. The summed E-state index contributed by atoms with van der Waals surface area (Å²) in [6, 6.07) is 15.0. The Labute approximate surface area is 130 Å². The van der Waals surface area contributed by atoms with Gasteiger partial charge in [0.05, 0.1) is 6.04 Å². The maximum atomic E-state index is 6.39. The number of unbranched alkanes of at least 4 members (excludes halogenated alkanes) is 1. The molecule has 0 radical (unpaired) electrons. The molecule has 0 heterocycles. The summed E-state index contributed by atoms with van der Waals surface area (Å²) >= 11 is 3.61. The molecule has 0 fully saturated rings. The Balaban J connectivity index is 2.18. The first-order valence-corrected chi connectivity index (χ1v) is 8.01. The molecule has 20 heavy (non-hydrogen) atoms. The SMILES string of the molecule is CCCCc1ccc(C(N)c2ccc(C)cc2Br)cc1. The molecule has 2 aromatic rings. The molecule has 2 heteroatoms. The monoisotopic (exact) mass is 331 g/mol. The van der Waals surface area contributed by atoms with Crippen LogP contribution in [0.15, 0.2) is 46.9 Å². The number of benzene rings is 2. The van der Waals surface area contributed by atoms with Crippen molar-refractivity contribution in [3.8, 4) is 0 Å². The highest BCUT2D eigenvalue weighted by Crippen LogP contribution is 2.28. The first-order chi connectivity index (χ1) is 9.61. The molecule has 0 aliphatic rings. The number of nitrogens with two attached hydrogens (primary N) is 1. The second kappa shape index (κ2) is 7.05. The molecule has 0 aromatic heterocycles. The van der Waals surface area contributed by atoms with Crippen molar-refractivity contribution in [1.82, 2.24) is 0 Å². The van der Waals surface area contributed by atoms with Gasteiger partial charge in [-0.3, -0.25) is 0 Å². The van der Waals surface area contributed by atoms with Gasteiger partial charge in [0.25, 0.3) is 0 Å². The van der Waals surface area contributed by atoms with Gasteiger partial charge in [0, 0.05) is 4.47 Å². The van der Waals surface area contributed by atoms with Crippen molar-refractivity contribution in [2.24, 2.45) is 5.73 Å². The molecule has 106 valence electrons. The van der Waals surface area contributed by atoms with Crippen LogP contribution in [0.3, 0.4) is 0 Å². The lowest BCUT2D eigenvalue weighted by molar-refractivity contribution is 0.793. The van der Waals surface area contributed by atoms with Crippen molar-refractivity contribution in [3.05, 3.63) is 69.2 Å². The average Bonchev–Trinajstić information content (AvgIpc) is 2.45. The van der Waals surface area contributed by atoms with E-state index in [1.165, 1.54) is 24.0 Å². The predicted octanol–water partition coefficient (Wildman–Crippen LogP) is 5.15. The van der Waals surface area contributed by atoms with Crippen molar-refractivity contribution in [3.63, 3.8) is 0 Å². The lowest BCUT2D eigenvalue weighted by Crippen LogP contribution is -2.12. The van der Waals surface area contributed by atoms with E-state index in [2.05, 4.69) is 72.2 Å². The van der Waals surface area contributed by atoms with Crippen LogP contribution in [-0.4, -0.2) is 0 Å². The van der Waals surface area contributed by atoms with Gasteiger partial charge < -0.3 is 5.73 Å². The lowest BCUT2D eigenvalue weighted by Gasteiger charge is -2.15. The third-order valence-corrected chi connectivity index (χ3v) is 4.34. The molecule has 1 atom stereocenters. The number of hydrogen-bond acceptors (Lipinski definition) is 1. The molecule has 0 saturated carbocycles. The molecule has 0 bridgehead atoms. The van der Waals surface area contributed by atoms with E-state index in [9.17, 15) is 0 Å². The van der Waals surface area contributed by atoms with Gasteiger partial charge in [-0.2, -0.15) is 0 Å². The molecule has 0 spiro atoms. The zero-order valence-electron chi connectivity index (χ0n) is 12.2. The molecule has 0 amide bonds. The lowest BCUT2D eigenvalue weighted by atomic mass is 9.97. The largest absolute Gasteiger partial charge is 0.320 e. The highest BCUT2D eigenvalue weighted by molar-refractivity contribution is 9.10. The number of rotatable bonds is 5. The van der Waals surface area contributed by atoms with Crippen LogP contribution in [0.2, 0.25) is 0 Å². The summed E-state index contributed by atoms with van der Waals surface area (Å²) in [6.45, 7) is 4.31. The Morgan fingerprint density at radius 1 is 1.10 bits per heavy atom. The molecule has 2 aromatic carbocycles. The minimum Gasteiger partial charge on any atom is -0.320 e. The summed E-state index contributed by atoms with van der Waals surface area (Å²) in [7, 11) is 0. The first kappa shape index (κ1) is 15.3. The van der Waals surface area contributed by atoms with E-state index in [1.807, 2.05) is 0 Å². The maximum Gasteiger partial charge on any atom is 0.0562 e. The highest BCUT2D eigenvalue weighted by Gasteiger charge is 2.12. The van der Waals surface area contributed by atoms with Gasteiger partial charge in [-0.1, -0.05) is 65.7 Å². The Bertz CT molecular complexity index is 560. The Morgan fingerprint density at radius 2 is 1.80 bits per heavy atom. The minimum atomic E-state index is -0.0785. The van der Waals surface area contributed by atoms with Crippen LogP contribution < -0.4 is 5.73 Å². The molecule has 2 rings (SSSR count). The van der Waals surface area contributed by atoms with Crippen LogP contribution in [0, 0.1) is 6.92 Å². The summed E-state index contributed by atoms with van der Waals surface area (Å²) in [5.41, 5.74) is 11.3. The Morgan fingerprint density at radius 3 is 2.40 bits per heavy atom. The van der Waals surface area contributed by atoms with Crippen LogP contribution in [-0.2, 0) is 6.42 Å². The van der Waals surface area contributed by atoms with E-state index in [-0.39, 0.29) is 6.04 Å². The topological polar surface area (TPSA) is 26.0 Å². The number of aryl methyl sites for hydroxylation is 2. The second-order valence-electron chi connectivity index (χ2n) is 5.35. The van der Waals surface area contributed by atoms with E-state index >= 15 is 0 Å². The fraction of sp³-hybridized carbons (Fsp3) is 0.333. The summed E-state index contributed by atoms with van der Waals surface area (Å²) in [6.07, 6.45) is 3.63. The van der Waals surface area contributed by atoms with Gasteiger partial charge in [-0.05, 0) is 48.1 Å². The molecule has 1 unspecified atom stereocenters. The Kier molecular flexibility index (Phi) is 5.38. The van der Waals surface area contributed by atoms with Gasteiger partial charge in [0.2, 0.25) is 0 Å². The fourth-order valence-electron chi connectivity index (χ4n) is 2.34. The second-order valence-corrected chi connectivity index (χ2v) is 6.20. The molecule has 0 aliphatic carbocycles. The number of hydrogen-bond donors (Lipinski definition) is 1. The highest BCUT2D eigenvalue weighted by atomic mass is 79.9. The quantitative estimate of drug-likeness (QED) is 0.805. The van der Waals surface area contributed by atoms with Crippen molar-refractivity contribution in [2.45, 2.75) is 39.2 Å².